The third-order valence-corrected chi connectivity index (χ3v) is 2.63. The average Bonchev–Trinajstić information content (AvgIpc) is 2.19. The molecule has 0 amide bonds. The van der Waals surface area contributed by atoms with Crippen molar-refractivity contribution in [3.05, 3.63) is 28.3 Å². The van der Waals surface area contributed by atoms with Gasteiger partial charge in [0.1, 0.15) is 5.75 Å². The van der Waals surface area contributed by atoms with E-state index in [-0.39, 0.29) is 5.92 Å². The zero-order chi connectivity index (χ0) is 11.4. The van der Waals surface area contributed by atoms with Crippen LogP contribution in [0.15, 0.2) is 12.1 Å². The molecule has 0 radical (unpaired) electrons. The lowest BCUT2D eigenvalue weighted by Gasteiger charge is -2.14. The molecule has 0 N–H and O–H groups in total. The summed E-state index contributed by atoms with van der Waals surface area (Å²) < 4.78 is 5.31. The minimum absolute atomic E-state index is 0.155. The second-order valence-corrected chi connectivity index (χ2v) is 3.87. The third-order valence-electron chi connectivity index (χ3n) is 2.41. The van der Waals surface area contributed by atoms with Crippen molar-refractivity contribution in [3.8, 4) is 11.8 Å². The summed E-state index contributed by atoms with van der Waals surface area (Å²) in [5, 5.41) is 9.68. The van der Waals surface area contributed by atoms with Crippen molar-refractivity contribution in [1.82, 2.24) is 0 Å². The zero-order valence-corrected chi connectivity index (χ0v) is 9.93. The van der Waals surface area contributed by atoms with Crippen molar-refractivity contribution < 1.29 is 4.74 Å². The van der Waals surface area contributed by atoms with Crippen LogP contribution in [-0.4, -0.2) is 7.11 Å². The van der Waals surface area contributed by atoms with Crippen LogP contribution in [0.1, 0.15) is 30.4 Å². The van der Waals surface area contributed by atoms with Gasteiger partial charge in [0.25, 0.3) is 0 Å². The maximum Gasteiger partial charge on any atom is 0.126 e. The second-order valence-electron chi connectivity index (χ2n) is 3.44. The maximum atomic E-state index is 9.03. The first-order chi connectivity index (χ1) is 7.13. The molecule has 0 aliphatic heterocycles. The fraction of sp³-hybridized carbons (Fsp3) is 0.417. The molecule has 1 aromatic carbocycles. The largest absolute Gasteiger partial charge is 0.496 e. The van der Waals surface area contributed by atoms with Gasteiger partial charge in [-0.1, -0.05) is 18.5 Å². The molecule has 0 heterocycles. The van der Waals surface area contributed by atoms with E-state index in [2.05, 4.69) is 6.07 Å². The van der Waals surface area contributed by atoms with Crippen molar-refractivity contribution in [2.24, 2.45) is 0 Å². The van der Waals surface area contributed by atoms with E-state index in [1.54, 1.807) is 7.11 Å². The highest BCUT2D eigenvalue weighted by Gasteiger charge is 2.16. The summed E-state index contributed by atoms with van der Waals surface area (Å²) in [6.07, 6.45) is 0.757. The molecule has 0 saturated heterocycles. The van der Waals surface area contributed by atoms with Crippen LogP contribution < -0.4 is 4.74 Å². The van der Waals surface area contributed by atoms with Crippen LogP contribution in [0, 0.1) is 18.3 Å². The van der Waals surface area contributed by atoms with E-state index >= 15 is 0 Å². The molecule has 2 nitrogen and oxygen atoms in total. The molecule has 0 aromatic heterocycles. The van der Waals surface area contributed by atoms with Crippen molar-refractivity contribution in [2.75, 3.05) is 7.11 Å². The van der Waals surface area contributed by atoms with Crippen LogP contribution in [0.2, 0.25) is 5.02 Å². The van der Waals surface area contributed by atoms with Gasteiger partial charge in [-0.05, 0) is 31.0 Å². The Morgan fingerprint density at radius 2 is 2.20 bits per heavy atom. The minimum atomic E-state index is -0.155. The topological polar surface area (TPSA) is 33.0 Å². The minimum Gasteiger partial charge on any atom is -0.496 e. The normalized spacial score (nSPS) is 11.9. The number of aryl methyl sites for hydroxylation is 1. The Morgan fingerprint density at radius 1 is 1.53 bits per heavy atom. The molecule has 1 atom stereocenters. The molecule has 0 spiro atoms. The first-order valence-electron chi connectivity index (χ1n) is 4.87. The van der Waals surface area contributed by atoms with Gasteiger partial charge in [-0.2, -0.15) is 5.26 Å². The Hall–Kier alpha value is -1.20. The smallest absolute Gasteiger partial charge is 0.126 e. The van der Waals surface area contributed by atoms with Gasteiger partial charge in [0, 0.05) is 10.6 Å². The summed E-state index contributed by atoms with van der Waals surface area (Å²) in [6, 6.07) is 5.91. The Bertz CT molecular complexity index is 395. The van der Waals surface area contributed by atoms with Gasteiger partial charge in [0.2, 0.25) is 0 Å². The monoisotopic (exact) mass is 223 g/mol. The van der Waals surface area contributed by atoms with Gasteiger partial charge in [-0.15, -0.1) is 0 Å². The van der Waals surface area contributed by atoms with Crippen LogP contribution in [0.5, 0.6) is 5.75 Å². The van der Waals surface area contributed by atoms with E-state index in [0.29, 0.717) is 5.02 Å². The van der Waals surface area contributed by atoms with Crippen LogP contribution >= 0.6 is 11.6 Å². The first kappa shape index (κ1) is 11.9. The van der Waals surface area contributed by atoms with Crippen molar-refractivity contribution >= 4 is 11.6 Å². The molecule has 0 fully saturated rings. The Morgan fingerprint density at radius 3 is 2.67 bits per heavy atom. The summed E-state index contributed by atoms with van der Waals surface area (Å²) in [7, 11) is 1.61. The molecule has 1 unspecified atom stereocenters. The average molecular weight is 224 g/mol. The summed E-state index contributed by atoms with van der Waals surface area (Å²) in [5.41, 5.74) is 1.85. The SMILES string of the molecule is CCC(C#N)c1cc(Cl)cc(C)c1OC. The number of methoxy groups -OCH3 is 1. The number of hydrogen-bond donors (Lipinski definition) is 0. The molecule has 0 aliphatic carbocycles. The van der Waals surface area contributed by atoms with E-state index in [9.17, 15) is 0 Å². The quantitative estimate of drug-likeness (QED) is 0.783. The van der Waals surface area contributed by atoms with E-state index in [1.165, 1.54) is 0 Å². The van der Waals surface area contributed by atoms with Crippen LogP contribution in [0.3, 0.4) is 0 Å². The molecule has 0 aliphatic rings. The lowest BCUT2D eigenvalue weighted by Crippen LogP contribution is -2.00. The van der Waals surface area contributed by atoms with Crippen molar-refractivity contribution in [3.63, 3.8) is 0 Å². The van der Waals surface area contributed by atoms with Gasteiger partial charge in [0.05, 0.1) is 19.1 Å². The summed E-state index contributed by atoms with van der Waals surface area (Å²) >= 11 is 5.97. The standard InChI is InChI=1S/C12H14ClNO/c1-4-9(7-14)11-6-10(13)5-8(2)12(11)15-3/h5-6,9H,4H2,1-3H3. The number of nitrogens with zero attached hydrogens (tertiary/aromatic N) is 1. The fourth-order valence-electron chi connectivity index (χ4n) is 1.67. The van der Waals surface area contributed by atoms with Crippen molar-refractivity contribution in [1.29, 1.82) is 5.26 Å². The number of benzene rings is 1. The highest BCUT2D eigenvalue weighted by Crippen LogP contribution is 2.34. The Labute approximate surface area is 95.4 Å². The van der Waals surface area contributed by atoms with Gasteiger partial charge >= 0.3 is 0 Å². The molecule has 15 heavy (non-hydrogen) atoms. The van der Waals surface area contributed by atoms with Gasteiger partial charge < -0.3 is 4.74 Å². The molecule has 80 valence electrons. The van der Waals surface area contributed by atoms with Crippen molar-refractivity contribution in [2.45, 2.75) is 26.2 Å². The third kappa shape index (κ3) is 2.43. The summed E-state index contributed by atoms with van der Waals surface area (Å²) in [5.74, 6) is 0.616. The van der Waals surface area contributed by atoms with E-state index < -0.39 is 0 Å². The Balaban J connectivity index is 3.32. The predicted octanol–water partition coefficient (Wildman–Crippen LogP) is 3.67. The van der Waals surface area contributed by atoms with E-state index in [0.717, 1.165) is 23.3 Å². The van der Waals surface area contributed by atoms with Gasteiger partial charge in [0.15, 0.2) is 0 Å². The lowest BCUT2D eigenvalue weighted by molar-refractivity contribution is 0.404. The van der Waals surface area contributed by atoms with Crippen LogP contribution in [-0.2, 0) is 0 Å². The molecule has 1 rings (SSSR count). The highest BCUT2D eigenvalue weighted by atomic mass is 35.5. The highest BCUT2D eigenvalue weighted by molar-refractivity contribution is 6.30. The summed E-state index contributed by atoms with van der Waals surface area (Å²) in [4.78, 5) is 0. The van der Waals surface area contributed by atoms with Gasteiger partial charge in [-0.25, -0.2) is 0 Å². The predicted molar refractivity (Wildman–Crippen MR) is 61.4 cm³/mol. The number of rotatable bonds is 3. The first-order valence-corrected chi connectivity index (χ1v) is 5.25. The maximum absolute atomic E-state index is 9.03. The molecular formula is C12H14ClNO. The number of ether oxygens (including phenoxy) is 1. The fourth-order valence-corrected chi connectivity index (χ4v) is 1.96. The van der Waals surface area contributed by atoms with E-state index in [1.807, 2.05) is 26.0 Å². The molecule has 3 heteroatoms. The number of halogens is 1. The molecule has 1 aromatic rings. The summed E-state index contributed by atoms with van der Waals surface area (Å²) in [6.45, 7) is 3.90. The second kappa shape index (κ2) is 5.04. The Kier molecular flexibility index (Phi) is 3.99. The molecule has 0 saturated carbocycles. The number of hydrogen-bond acceptors (Lipinski definition) is 2. The number of nitriles is 1. The van der Waals surface area contributed by atoms with Crippen LogP contribution in [0.25, 0.3) is 0 Å². The van der Waals surface area contributed by atoms with Crippen LogP contribution in [0.4, 0.5) is 0 Å². The zero-order valence-electron chi connectivity index (χ0n) is 9.17. The lowest BCUT2D eigenvalue weighted by atomic mass is 9.95. The molecule has 0 bridgehead atoms. The van der Waals surface area contributed by atoms with Gasteiger partial charge in [-0.3, -0.25) is 0 Å². The molecular weight excluding hydrogens is 210 g/mol. The van der Waals surface area contributed by atoms with E-state index in [4.69, 9.17) is 21.6 Å².